The summed E-state index contributed by atoms with van der Waals surface area (Å²) in [6.07, 6.45) is 0. The van der Waals surface area contributed by atoms with Crippen LogP contribution < -0.4 is 20.9 Å². The van der Waals surface area contributed by atoms with E-state index in [9.17, 15) is 9.59 Å². The van der Waals surface area contributed by atoms with E-state index in [1.54, 1.807) is 0 Å². The molecular weight excluding hydrogens is 494 g/mol. The number of amidine groups is 1. The lowest BCUT2D eigenvalue weighted by molar-refractivity contribution is -0.114. The van der Waals surface area contributed by atoms with Gasteiger partial charge in [-0.25, -0.2) is 4.99 Å². The molecule has 0 spiro atoms. The molecule has 1 heterocycles. The van der Waals surface area contributed by atoms with E-state index in [1.807, 2.05) is 113 Å². The number of nitrogens with zero attached hydrogens (tertiary/aromatic N) is 2. The Kier molecular flexibility index (Phi) is 8.53. The molecule has 0 saturated carbocycles. The van der Waals surface area contributed by atoms with Gasteiger partial charge in [0.15, 0.2) is 5.17 Å². The lowest BCUT2D eigenvalue weighted by atomic mass is 9.95. The molecule has 3 N–H and O–H groups in total. The third-order valence-electron chi connectivity index (χ3n) is 6.23. The summed E-state index contributed by atoms with van der Waals surface area (Å²) in [4.78, 5) is 33.1. The van der Waals surface area contributed by atoms with Gasteiger partial charge in [-0.3, -0.25) is 9.59 Å². The summed E-state index contributed by atoms with van der Waals surface area (Å²) >= 11 is 1.32. The molecule has 0 saturated heterocycles. The van der Waals surface area contributed by atoms with Gasteiger partial charge in [-0.05, 0) is 67.8 Å². The van der Waals surface area contributed by atoms with Gasteiger partial charge in [0.05, 0.1) is 11.3 Å². The van der Waals surface area contributed by atoms with Crippen LogP contribution in [-0.2, 0) is 9.59 Å². The minimum atomic E-state index is -0.513. The number of carbonyl (C=O) groups is 2. The smallest absolute Gasteiger partial charge is 0.255 e. The molecule has 2 amide bonds. The second-order valence-electron chi connectivity index (χ2n) is 9.46. The van der Waals surface area contributed by atoms with Gasteiger partial charge in [0, 0.05) is 36.9 Å². The summed E-state index contributed by atoms with van der Waals surface area (Å²) < 4.78 is 0. The van der Waals surface area contributed by atoms with Crippen molar-refractivity contribution in [3.63, 3.8) is 0 Å². The maximum absolute atomic E-state index is 13.4. The van der Waals surface area contributed by atoms with Gasteiger partial charge in [-0.1, -0.05) is 54.2 Å². The Morgan fingerprint density at radius 1 is 0.947 bits per heavy atom. The fourth-order valence-corrected chi connectivity index (χ4v) is 4.87. The Bertz CT molecular complexity index is 1380. The van der Waals surface area contributed by atoms with Gasteiger partial charge < -0.3 is 20.9 Å². The molecule has 1 aliphatic heterocycles. The van der Waals surface area contributed by atoms with Crippen LogP contribution >= 0.6 is 11.8 Å². The summed E-state index contributed by atoms with van der Waals surface area (Å²) in [7, 11) is 3.97. The molecule has 0 fully saturated rings. The molecule has 7 nitrogen and oxygen atoms in total. The van der Waals surface area contributed by atoms with E-state index in [4.69, 9.17) is 4.99 Å². The van der Waals surface area contributed by atoms with E-state index in [1.165, 1.54) is 11.8 Å². The number of thioether (sulfide) groups is 1. The normalized spacial score (nSPS) is 14.9. The van der Waals surface area contributed by atoms with Gasteiger partial charge >= 0.3 is 0 Å². The fraction of sp³-hybridized carbons (Fsp3) is 0.233. The number of para-hydroxylation sites is 1. The van der Waals surface area contributed by atoms with Crippen molar-refractivity contribution in [2.24, 2.45) is 4.99 Å². The van der Waals surface area contributed by atoms with E-state index in [0.717, 1.165) is 28.1 Å². The molecule has 0 aliphatic carbocycles. The Morgan fingerprint density at radius 3 is 2.34 bits per heavy atom. The second-order valence-corrected chi connectivity index (χ2v) is 10.4. The molecule has 0 bridgehead atoms. The lowest BCUT2D eigenvalue weighted by Gasteiger charge is -2.27. The van der Waals surface area contributed by atoms with Crippen LogP contribution in [0.15, 0.2) is 89.1 Å². The van der Waals surface area contributed by atoms with Crippen LogP contribution in [0.4, 0.5) is 17.1 Å². The Morgan fingerprint density at radius 2 is 1.66 bits per heavy atom. The summed E-state index contributed by atoms with van der Waals surface area (Å²) in [5, 5.41) is 9.82. The number of hydrogen-bond donors (Lipinski definition) is 3. The van der Waals surface area contributed by atoms with E-state index in [0.29, 0.717) is 22.1 Å². The van der Waals surface area contributed by atoms with E-state index >= 15 is 0 Å². The highest BCUT2D eigenvalue weighted by atomic mass is 32.2. The van der Waals surface area contributed by atoms with Gasteiger partial charge in [-0.2, -0.15) is 0 Å². The topological polar surface area (TPSA) is 85.8 Å². The number of nitrogens with one attached hydrogen (secondary N) is 3. The first-order valence-corrected chi connectivity index (χ1v) is 13.4. The molecule has 38 heavy (non-hydrogen) atoms. The molecule has 196 valence electrons. The highest BCUT2D eigenvalue weighted by Crippen LogP contribution is 2.34. The van der Waals surface area contributed by atoms with Crippen molar-refractivity contribution in [3.05, 3.63) is 101 Å². The number of amides is 2. The van der Waals surface area contributed by atoms with Crippen molar-refractivity contribution in [1.82, 2.24) is 5.32 Å². The number of carbonyl (C=O) groups excluding carboxylic acids is 2. The highest BCUT2D eigenvalue weighted by molar-refractivity contribution is 8.14. The predicted molar refractivity (Wildman–Crippen MR) is 159 cm³/mol. The van der Waals surface area contributed by atoms with Crippen LogP contribution in [0.3, 0.4) is 0 Å². The van der Waals surface area contributed by atoms with Crippen molar-refractivity contribution < 1.29 is 9.59 Å². The summed E-state index contributed by atoms with van der Waals surface area (Å²) in [6, 6.07) is 22.8. The SMILES string of the molecule is CC1=C(C(=O)Nc2ccccc2)[C@@H](c2ccc(N(C)C)cc2)N=C(SCC(=O)Nc2cc(C)ccc2C)N1. The molecule has 0 radical (unpaired) electrons. The van der Waals surface area contributed by atoms with Gasteiger partial charge in [0.1, 0.15) is 6.04 Å². The second kappa shape index (κ2) is 12.0. The van der Waals surface area contributed by atoms with Crippen LogP contribution in [0.5, 0.6) is 0 Å². The van der Waals surface area contributed by atoms with Gasteiger partial charge in [-0.15, -0.1) is 0 Å². The number of anilines is 3. The molecule has 0 aromatic heterocycles. The van der Waals surface area contributed by atoms with Crippen molar-refractivity contribution in [1.29, 1.82) is 0 Å². The van der Waals surface area contributed by atoms with Gasteiger partial charge in [0.25, 0.3) is 5.91 Å². The van der Waals surface area contributed by atoms with Crippen LogP contribution in [0.25, 0.3) is 0 Å². The minimum Gasteiger partial charge on any atom is -0.378 e. The predicted octanol–water partition coefficient (Wildman–Crippen LogP) is 5.65. The Labute approximate surface area is 228 Å². The summed E-state index contributed by atoms with van der Waals surface area (Å²) in [6.45, 7) is 5.83. The van der Waals surface area contributed by atoms with Crippen LogP contribution in [0.1, 0.15) is 29.7 Å². The number of aliphatic imine (C=N–C) groups is 1. The maximum atomic E-state index is 13.4. The van der Waals surface area contributed by atoms with Crippen LogP contribution in [-0.4, -0.2) is 36.8 Å². The third-order valence-corrected chi connectivity index (χ3v) is 7.11. The number of allylic oxidation sites excluding steroid dienone is 1. The van der Waals surface area contributed by atoms with Crippen molar-refractivity contribution in [3.8, 4) is 0 Å². The standard InChI is InChI=1S/C30H33N5O2S/c1-19-11-12-20(2)25(17-19)33-26(36)18-38-30-31-21(3)27(29(37)32-23-9-7-6-8-10-23)28(34-30)22-13-15-24(16-14-22)35(4)5/h6-17,28H,18H2,1-5H3,(H,31,34)(H,32,37)(H,33,36)/t28-/m1/s1. The number of benzene rings is 3. The monoisotopic (exact) mass is 527 g/mol. The minimum absolute atomic E-state index is 0.116. The lowest BCUT2D eigenvalue weighted by Crippen LogP contribution is -2.32. The number of hydrogen-bond acceptors (Lipinski definition) is 6. The Hall–Kier alpha value is -4.04. The van der Waals surface area contributed by atoms with Crippen LogP contribution in [0, 0.1) is 13.8 Å². The first kappa shape index (κ1) is 27.0. The van der Waals surface area contributed by atoms with E-state index in [-0.39, 0.29) is 17.6 Å². The molecule has 0 unspecified atom stereocenters. The molecule has 3 aromatic carbocycles. The number of rotatable bonds is 7. The van der Waals surface area contributed by atoms with Crippen molar-refractivity contribution in [2.75, 3.05) is 35.4 Å². The highest BCUT2D eigenvalue weighted by Gasteiger charge is 2.30. The zero-order chi connectivity index (χ0) is 27.2. The molecule has 3 aromatic rings. The fourth-order valence-electron chi connectivity index (χ4n) is 4.12. The average Bonchev–Trinajstić information content (AvgIpc) is 2.89. The average molecular weight is 528 g/mol. The Balaban J connectivity index is 1.55. The summed E-state index contributed by atoms with van der Waals surface area (Å²) in [5.74, 6) is -0.151. The maximum Gasteiger partial charge on any atom is 0.255 e. The third kappa shape index (κ3) is 6.63. The molecule has 8 heteroatoms. The zero-order valence-corrected chi connectivity index (χ0v) is 23.1. The van der Waals surface area contributed by atoms with E-state index < -0.39 is 6.04 Å². The van der Waals surface area contributed by atoms with Crippen molar-refractivity contribution >= 4 is 45.8 Å². The largest absolute Gasteiger partial charge is 0.378 e. The zero-order valence-electron chi connectivity index (χ0n) is 22.3. The molecule has 1 aliphatic rings. The molecule has 4 rings (SSSR count). The van der Waals surface area contributed by atoms with Crippen molar-refractivity contribution in [2.45, 2.75) is 26.8 Å². The van der Waals surface area contributed by atoms with Crippen LogP contribution in [0.2, 0.25) is 0 Å². The first-order valence-electron chi connectivity index (χ1n) is 12.4. The molecular formula is C30H33N5O2S. The number of aryl methyl sites for hydroxylation is 2. The molecule has 1 atom stereocenters. The summed E-state index contributed by atoms with van der Waals surface area (Å²) in [5.41, 5.74) is 6.81. The van der Waals surface area contributed by atoms with E-state index in [2.05, 4.69) is 16.0 Å². The first-order chi connectivity index (χ1) is 18.2. The van der Waals surface area contributed by atoms with Gasteiger partial charge in [0.2, 0.25) is 5.91 Å². The quantitative estimate of drug-likeness (QED) is 0.370.